The van der Waals surface area contributed by atoms with Crippen molar-refractivity contribution in [1.82, 2.24) is 10.4 Å². The van der Waals surface area contributed by atoms with Crippen LogP contribution in [0.3, 0.4) is 0 Å². The van der Waals surface area contributed by atoms with Crippen LogP contribution in [0.15, 0.2) is 24.5 Å². The highest BCUT2D eigenvalue weighted by Crippen LogP contribution is 2.21. The number of hydrazine groups is 1. The van der Waals surface area contributed by atoms with Gasteiger partial charge in [-0.05, 0) is 25.5 Å². The Bertz CT molecular complexity index is 295. The van der Waals surface area contributed by atoms with E-state index in [4.69, 9.17) is 5.84 Å². The van der Waals surface area contributed by atoms with E-state index >= 15 is 0 Å². The summed E-state index contributed by atoms with van der Waals surface area (Å²) in [5.41, 5.74) is 2.35. The van der Waals surface area contributed by atoms with Crippen molar-refractivity contribution in [2.75, 3.05) is 0 Å². The average Bonchev–Trinajstić information content (AvgIpc) is 2.18. The maximum Gasteiger partial charge on any atom is 0.244 e. The normalized spacial score (nSPS) is 11.0. The molecule has 1 amide bonds. The monoisotopic (exact) mass is 179 g/mol. The van der Waals surface area contributed by atoms with E-state index in [-0.39, 0.29) is 5.91 Å². The third kappa shape index (κ3) is 1.84. The summed E-state index contributed by atoms with van der Waals surface area (Å²) < 4.78 is 0. The Morgan fingerprint density at radius 3 is 2.77 bits per heavy atom. The molecule has 1 aromatic heterocycles. The zero-order chi connectivity index (χ0) is 9.90. The summed E-state index contributed by atoms with van der Waals surface area (Å²) in [5.74, 6) is 4.85. The van der Waals surface area contributed by atoms with Crippen molar-refractivity contribution < 1.29 is 4.79 Å². The van der Waals surface area contributed by atoms with E-state index in [0.717, 1.165) is 5.56 Å². The number of hydrogen-bond acceptors (Lipinski definition) is 3. The first-order chi connectivity index (χ1) is 6.09. The van der Waals surface area contributed by atoms with Gasteiger partial charge >= 0.3 is 0 Å². The maximum atomic E-state index is 11.4. The zero-order valence-corrected chi connectivity index (χ0v) is 7.74. The highest BCUT2D eigenvalue weighted by atomic mass is 16.2. The number of carbonyl (C=O) groups is 1. The quantitative estimate of drug-likeness (QED) is 0.391. The minimum absolute atomic E-state index is 0.222. The SMILES string of the molecule is CC(C)(C(=O)NN)c1cccnc1. The van der Waals surface area contributed by atoms with E-state index in [1.54, 1.807) is 32.3 Å². The fourth-order valence-electron chi connectivity index (χ4n) is 1.04. The summed E-state index contributed by atoms with van der Waals surface area (Å²) in [4.78, 5) is 15.3. The Hall–Kier alpha value is -1.42. The van der Waals surface area contributed by atoms with Crippen LogP contribution in [0.2, 0.25) is 0 Å². The second-order valence-corrected chi connectivity index (χ2v) is 3.34. The Balaban J connectivity index is 3.00. The Kier molecular flexibility index (Phi) is 2.63. The van der Waals surface area contributed by atoms with E-state index in [1.165, 1.54) is 0 Å². The highest BCUT2D eigenvalue weighted by Gasteiger charge is 2.28. The number of pyridine rings is 1. The molecule has 0 fully saturated rings. The first kappa shape index (κ1) is 9.67. The summed E-state index contributed by atoms with van der Waals surface area (Å²) in [6.07, 6.45) is 3.33. The first-order valence-corrected chi connectivity index (χ1v) is 4.00. The van der Waals surface area contributed by atoms with E-state index in [2.05, 4.69) is 10.4 Å². The minimum atomic E-state index is -0.636. The Labute approximate surface area is 77.1 Å². The smallest absolute Gasteiger partial charge is 0.244 e. The molecule has 13 heavy (non-hydrogen) atoms. The number of nitrogens with two attached hydrogens (primary N) is 1. The number of amides is 1. The molecule has 70 valence electrons. The zero-order valence-electron chi connectivity index (χ0n) is 7.74. The molecule has 0 saturated heterocycles. The standard InChI is InChI=1S/C9H13N3O/c1-9(2,8(13)12-10)7-4-3-5-11-6-7/h3-6H,10H2,1-2H3,(H,12,13). The number of rotatable bonds is 2. The van der Waals surface area contributed by atoms with Gasteiger partial charge < -0.3 is 0 Å². The second-order valence-electron chi connectivity index (χ2n) is 3.34. The van der Waals surface area contributed by atoms with Gasteiger partial charge in [-0.25, -0.2) is 5.84 Å². The topological polar surface area (TPSA) is 68.0 Å². The molecular formula is C9H13N3O. The fraction of sp³-hybridized carbons (Fsp3) is 0.333. The second kappa shape index (κ2) is 3.53. The van der Waals surface area contributed by atoms with Gasteiger partial charge in [0, 0.05) is 12.4 Å². The van der Waals surface area contributed by atoms with Crippen LogP contribution in [0.25, 0.3) is 0 Å². The van der Waals surface area contributed by atoms with E-state index in [1.807, 2.05) is 6.07 Å². The molecule has 0 aliphatic heterocycles. The third-order valence-electron chi connectivity index (χ3n) is 2.08. The number of aromatic nitrogens is 1. The van der Waals surface area contributed by atoms with Gasteiger partial charge in [0.15, 0.2) is 0 Å². The maximum absolute atomic E-state index is 11.4. The molecule has 0 radical (unpaired) electrons. The van der Waals surface area contributed by atoms with Crippen molar-refractivity contribution in [2.45, 2.75) is 19.3 Å². The van der Waals surface area contributed by atoms with Crippen LogP contribution in [-0.2, 0) is 10.2 Å². The predicted octanol–water partition coefficient (Wildman–Crippen LogP) is 0.349. The molecule has 3 N–H and O–H groups in total. The molecule has 0 unspecified atom stereocenters. The number of nitrogens with zero attached hydrogens (tertiary/aromatic N) is 1. The molecule has 0 atom stereocenters. The van der Waals surface area contributed by atoms with E-state index < -0.39 is 5.41 Å². The van der Waals surface area contributed by atoms with Crippen LogP contribution in [0.1, 0.15) is 19.4 Å². The van der Waals surface area contributed by atoms with Crippen LogP contribution in [0.4, 0.5) is 0 Å². The van der Waals surface area contributed by atoms with Crippen molar-refractivity contribution in [3.8, 4) is 0 Å². The van der Waals surface area contributed by atoms with Crippen LogP contribution in [-0.4, -0.2) is 10.9 Å². The van der Waals surface area contributed by atoms with Crippen LogP contribution >= 0.6 is 0 Å². The lowest BCUT2D eigenvalue weighted by molar-refractivity contribution is -0.125. The largest absolute Gasteiger partial charge is 0.294 e. The van der Waals surface area contributed by atoms with E-state index in [0.29, 0.717) is 0 Å². The van der Waals surface area contributed by atoms with Gasteiger partial charge in [-0.1, -0.05) is 6.07 Å². The van der Waals surface area contributed by atoms with Crippen molar-refractivity contribution in [2.24, 2.45) is 5.84 Å². The van der Waals surface area contributed by atoms with Gasteiger partial charge in [-0.3, -0.25) is 15.2 Å². The Morgan fingerprint density at radius 2 is 2.31 bits per heavy atom. The molecule has 1 rings (SSSR count). The third-order valence-corrected chi connectivity index (χ3v) is 2.08. The van der Waals surface area contributed by atoms with Crippen LogP contribution < -0.4 is 11.3 Å². The summed E-state index contributed by atoms with van der Waals surface area (Å²) in [6.45, 7) is 3.60. The van der Waals surface area contributed by atoms with Gasteiger partial charge in [0.05, 0.1) is 5.41 Å². The first-order valence-electron chi connectivity index (χ1n) is 4.00. The van der Waals surface area contributed by atoms with Gasteiger partial charge in [0.2, 0.25) is 5.91 Å². The lowest BCUT2D eigenvalue weighted by atomic mass is 9.85. The van der Waals surface area contributed by atoms with Crippen molar-refractivity contribution in [1.29, 1.82) is 0 Å². The fourth-order valence-corrected chi connectivity index (χ4v) is 1.04. The van der Waals surface area contributed by atoms with Gasteiger partial charge in [0.1, 0.15) is 0 Å². The van der Waals surface area contributed by atoms with Crippen molar-refractivity contribution in [3.63, 3.8) is 0 Å². The van der Waals surface area contributed by atoms with E-state index in [9.17, 15) is 4.79 Å². The summed E-state index contributed by atoms with van der Waals surface area (Å²) in [6, 6.07) is 3.64. The molecule has 0 aliphatic rings. The summed E-state index contributed by atoms with van der Waals surface area (Å²) in [5, 5.41) is 0. The van der Waals surface area contributed by atoms with Crippen molar-refractivity contribution in [3.05, 3.63) is 30.1 Å². The number of hydrogen-bond donors (Lipinski definition) is 2. The molecule has 0 spiro atoms. The molecule has 4 heteroatoms. The minimum Gasteiger partial charge on any atom is -0.294 e. The highest BCUT2D eigenvalue weighted by molar-refractivity contribution is 5.86. The molecule has 0 aromatic carbocycles. The molecule has 4 nitrogen and oxygen atoms in total. The average molecular weight is 179 g/mol. The lowest BCUT2D eigenvalue weighted by Crippen LogP contribution is -2.43. The molecule has 1 heterocycles. The van der Waals surface area contributed by atoms with Crippen LogP contribution in [0.5, 0.6) is 0 Å². The molecule has 0 aliphatic carbocycles. The predicted molar refractivity (Wildman–Crippen MR) is 49.6 cm³/mol. The van der Waals surface area contributed by atoms with Crippen LogP contribution in [0, 0.1) is 0 Å². The van der Waals surface area contributed by atoms with Gasteiger partial charge in [-0.15, -0.1) is 0 Å². The van der Waals surface area contributed by atoms with Crippen molar-refractivity contribution >= 4 is 5.91 Å². The summed E-state index contributed by atoms with van der Waals surface area (Å²) in [7, 11) is 0. The van der Waals surface area contributed by atoms with Gasteiger partial charge in [-0.2, -0.15) is 0 Å². The lowest BCUT2D eigenvalue weighted by Gasteiger charge is -2.21. The molecule has 1 aromatic rings. The number of nitrogens with one attached hydrogen (secondary N) is 1. The Morgan fingerprint density at radius 1 is 1.62 bits per heavy atom. The summed E-state index contributed by atoms with van der Waals surface area (Å²) >= 11 is 0. The van der Waals surface area contributed by atoms with Gasteiger partial charge in [0.25, 0.3) is 0 Å². The molecular weight excluding hydrogens is 166 g/mol. The molecule has 0 saturated carbocycles. The molecule has 0 bridgehead atoms. The number of carbonyl (C=O) groups excluding carboxylic acids is 1.